The third-order valence-electron chi connectivity index (χ3n) is 5.65. The Hall–Kier alpha value is -2.15. The highest BCUT2D eigenvalue weighted by molar-refractivity contribution is 5.79. The number of aromatic nitrogens is 2. The van der Waals surface area contributed by atoms with Gasteiger partial charge in [-0.25, -0.2) is 0 Å². The van der Waals surface area contributed by atoms with Crippen molar-refractivity contribution < 1.29 is 13.8 Å². The van der Waals surface area contributed by atoms with Gasteiger partial charge in [0.2, 0.25) is 5.91 Å². The van der Waals surface area contributed by atoms with Gasteiger partial charge in [0.15, 0.2) is 0 Å². The van der Waals surface area contributed by atoms with Gasteiger partial charge in [-0.05, 0) is 53.0 Å². The van der Waals surface area contributed by atoms with Gasteiger partial charge in [0.05, 0.1) is 24.5 Å². The standard InChI is InChI=1S/C19H28N4O3/c1-11-17(13(3)25-21-11)9-23(10-18-12(2)22-26-14(18)4)19(24)16-7-5-6-15(16)8-20/h15-16H,5-10,20H2,1-4H3/t15-,16-/m1/s1. The first-order valence-electron chi connectivity index (χ1n) is 9.24. The highest BCUT2D eigenvalue weighted by atomic mass is 16.5. The number of nitrogens with zero attached hydrogens (tertiary/aromatic N) is 3. The van der Waals surface area contributed by atoms with Crippen LogP contribution < -0.4 is 5.73 Å². The highest BCUT2D eigenvalue weighted by Crippen LogP contribution is 2.34. The summed E-state index contributed by atoms with van der Waals surface area (Å²) in [5.41, 5.74) is 9.48. The van der Waals surface area contributed by atoms with Crippen molar-refractivity contribution in [3.8, 4) is 0 Å². The third kappa shape index (κ3) is 3.53. The van der Waals surface area contributed by atoms with Gasteiger partial charge in [0.1, 0.15) is 11.5 Å². The molecule has 142 valence electrons. The first-order valence-corrected chi connectivity index (χ1v) is 9.24. The first kappa shape index (κ1) is 18.6. The summed E-state index contributed by atoms with van der Waals surface area (Å²) in [6.07, 6.45) is 2.99. The van der Waals surface area contributed by atoms with Crippen molar-refractivity contribution in [1.82, 2.24) is 15.2 Å². The van der Waals surface area contributed by atoms with Crippen molar-refractivity contribution >= 4 is 5.91 Å². The molecule has 1 aliphatic carbocycles. The molecule has 2 aromatic heterocycles. The summed E-state index contributed by atoms with van der Waals surface area (Å²) >= 11 is 0. The molecule has 7 heteroatoms. The lowest BCUT2D eigenvalue weighted by atomic mass is 9.94. The number of hydrogen-bond donors (Lipinski definition) is 1. The van der Waals surface area contributed by atoms with Crippen LogP contribution in [0.15, 0.2) is 9.05 Å². The lowest BCUT2D eigenvalue weighted by Crippen LogP contribution is -2.38. The van der Waals surface area contributed by atoms with Crippen molar-refractivity contribution in [1.29, 1.82) is 0 Å². The zero-order chi connectivity index (χ0) is 18.8. The Labute approximate surface area is 153 Å². The molecular formula is C19H28N4O3. The molecule has 1 amide bonds. The molecular weight excluding hydrogens is 332 g/mol. The maximum absolute atomic E-state index is 13.4. The summed E-state index contributed by atoms with van der Waals surface area (Å²) in [6, 6.07) is 0. The van der Waals surface area contributed by atoms with E-state index in [2.05, 4.69) is 10.3 Å². The molecule has 2 N–H and O–H groups in total. The zero-order valence-electron chi connectivity index (χ0n) is 16.0. The summed E-state index contributed by atoms with van der Waals surface area (Å²) < 4.78 is 10.6. The maximum Gasteiger partial charge on any atom is 0.226 e. The fraction of sp³-hybridized carbons (Fsp3) is 0.632. The molecule has 1 fully saturated rings. The van der Waals surface area contributed by atoms with Gasteiger partial charge in [-0.1, -0.05) is 16.7 Å². The largest absolute Gasteiger partial charge is 0.361 e. The van der Waals surface area contributed by atoms with Crippen LogP contribution >= 0.6 is 0 Å². The van der Waals surface area contributed by atoms with Crippen LogP contribution in [0.1, 0.15) is 53.3 Å². The zero-order valence-corrected chi connectivity index (χ0v) is 16.0. The summed E-state index contributed by atoms with van der Waals surface area (Å²) in [6.45, 7) is 9.07. The molecule has 0 saturated heterocycles. The van der Waals surface area contributed by atoms with Crippen molar-refractivity contribution in [3.05, 3.63) is 34.0 Å². The number of amides is 1. The van der Waals surface area contributed by atoms with Gasteiger partial charge in [-0.2, -0.15) is 0 Å². The van der Waals surface area contributed by atoms with E-state index in [-0.39, 0.29) is 17.7 Å². The average molecular weight is 360 g/mol. The molecule has 3 rings (SSSR count). The Morgan fingerprint density at radius 3 is 2.00 bits per heavy atom. The molecule has 2 heterocycles. The molecule has 0 unspecified atom stereocenters. The topological polar surface area (TPSA) is 98.4 Å². The Morgan fingerprint density at radius 2 is 1.58 bits per heavy atom. The van der Waals surface area contributed by atoms with Gasteiger partial charge in [-0.15, -0.1) is 0 Å². The van der Waals surface area contributed by atoms with Crippen molar-refractivity contribution in [3.63, 3.8) is 0 Å². The van der Waals surface area contributed by atoms with Gasteiger partial charge in [0.25, 0.3) is 0 Å². The Balaban J connectivity index is 1.89. The molecule has 0 radical (unpaired) electrons. The van der Waals surface area contributed by atoms with Gasteiger partial charge >= 0.3 is 0 Å². The van der Waals surface area contributed by atoms with Crippen molar-refractivity contribution in [2.24, 2.45) is 17.6 Å². The van der Waals surface area contributed by atoms with E-state index in [0.29, 0.717) is 19.6 Å². The minimum absolute atomic E-state index is 0.0130. The normalized spacial score (nSPS) is 19.9. The number of rotatable bonds is 6. The summed E-state index contributed by atoms with van der Waals surface area (Å²) in [4.78, 5) is 15.3. The molecule has 0 aliphatic heterocycles. The third-order valence-corrected chi connectivity index (χ3v) is 5.65. The monoisotopic (exact) mass is 360 g/mol. The van der Waals surface area contributed by atoms with Gasteiger partial charge in [-0.3, -0.25) is 4.79 Å². The van der Waals surface area contributed by atoms with Crippen LogP contribution in [0.4, 0.5) is 0 Å². The molecule has 0 spiro atoms. The van der Waals surface area contributed by atoms with Crippen LogP contribution in [0.2, 0.25) is 0 Å². The minimum atomic E-state index is -0.0130. The van der Waals surface area contributed by atoms with Crippen LogP contribution in [-0.2, 0) is 17.9 Å². The minimum Gasteiger partial charge on any atom is -0.361 e. The molecule has 1 aliphatic rings. The first-order chi connectivity index (χ1) is 12.4. The van der Waals surface area contributed by atoms with Crippen molar-refractivity contribution in [2.75, 3.05) is 6.54 Å². The number of carbonyl (C=O) groups is 1. The Morgan fingerprint density at radius 1 is 1.04 bits per heavy atom. The molecule has 26 heavy (non-hydrogen) atoms. The van der Waals surface area contributed by atoms with Crippen LogP contribution in [0.25, 0.3) is 0 Å². The van der Waals surface area contributed by atoms with Gasteiger partial charge in [0, 0.05) is 17.0 Å². The second kappa shape index (κ2) is 7.61. The number of carbonyl (C=O) groups excluding carboxylic acids is 1. The molecule has 0 bridgehead atoms. The van der Waals surface area contributed by atoms with E-state index >= 15 is 0 Å². The fourth-order valence-corrected chi connectivity index (χ4v) is 3.93. The molecule has 2 atom stereocenters. The van der Waals surface area contributed by atoms with E-state index in [0.717, 1.165) is 53.3 Å². The van der Waals surface area contributed by atoms with E-state index < -0.39 is 0 Å². The number of nitrogens with two attached hydrogens (primary N) is 1. The average Bonchev–Trinajstić information content (AvgIpc) is 3.31. The summed E-state index contributed by atoms with van der Waals surface area (Å²) in [7, 11) is 0. The van der Waals surface area contributed by atoms with Crippen LogP contribution in [0.3, 0.4) is 0 Å². The van der Waals surface area contributed by atoms with E-state index in [1.54, 1.807) is 0 Å². The second-order valence-corrected chi connectivity index (χ2v) is 7.33. The molecule has 1 saturated carbocycles. The maximum atomic E-state index is 13.4. The predicted octanol–water partition coefficient (Wildman–Crippen LogP) is 2.80. The van der Waals surface area contributed by atoms with E-state index in [9.17, 15) is 4.79 Å². The fourth-order valence-electron chi connectivity index (χ4n) is 3.93. The smallest absolute Gasteiger partial charge is 0.226 e. The summed E-state index contributed by atoms with van der Waals surface area (Å²) in [5.74, 6) is 1.90. The van der Waals surface area contributed by atoms with E-state index in [4.69, 9.17) is 14.8 Å². The predicted molar refractivity (Wildman–Crippen MR) is 96.1 cm³/mol. The number of hydrogen-bond acceptors (Lipinski definition) is 6. The SMILES string of the molecule is Cc1noc(C)c1CN(Cc1c(C)noc1C)C(=O)[C@@H]1CCC[C@@H]1CN. The second-order valence-electron chi connectivity index (χ2n) is 7.33. The summed E-state index contributed by atoms with van der Waals surface area (Å²) in [5, 5.41) is 8.05. The van der Waals surface area contributed by atoms with E-state index in [1.165, 1.54) is 0 Å². The molecule has 0 aromatic carbocycles. The van der Waals surface area contributed by atoms with Crippen LogP contribution in [-0.4, -0.2) is 27.7 Å². The van der Waals surface area contributed by atoms with Crippen molar-refractivity contribution in [2.45, 2.75) is 60.0 Å². The van der Waals surface area contributed by atoms with Crippen LogP contribution in [0.5, 0.6) is 0 Å². The molecule has 7 nitrogen and oxygen atoms in total. The number of aryl methyl sites for hydroxylation is 4. The highest BCUT2D eigenvalue weighted by Gasteiger charge is 2.35. The molecule has 2 aromatic rings. The Bertz CT molecular complexity index is 693. The Kier molecular flexibility index (Phi) is 5.46. The van der Waals surface area contributed by atoms with Crippen LogP contribution in [0, 0.1) is 39.5 Å². The van der Waals surface area contributed by atoms with E-state index in [1.807, 2.05) is 32.6 Å². The lowest BCUT2D eigenvalue weighted by molar-refractivity contribution is -0.138. The quantitative estimate of drug-likeness (QED) is 0.850. The lowest BCUT2D eigenvalue weighted by Gasteiger charge is -2.28. The van der Waals surface area contributed by atoms with Gasteiger partial charge < -0.3 is 19.7 Å².